The second-order valence-electron chi connectivity index (χ2n) is 6.38. The molecule has 3 rings (SSSR count). The summed E-state index contributed by atoms with van der Waals surface area (Å²) in [5, 5.41) is 14.1. The van der Waals surface area contributed by atoms with E-state index in [9.17, 15) is 14.9 Å². The Labute approximate surface area is 149 Å². The molecule has 8 heteroatoms. The minimum absolute atomic E-state index is 0.00934. The molecule has 1 aliphatic carbocycles. The number of nitriles is 1. The van der Waals surface area contributed by atoms with Crippen LogP contribution in [0.3, 0.4) is 0 Å². The van der Waals surface area contributed by atoms with Gasteiger partial charge in [-0.2, -0.15) is 5.26 Å². The first kappa shape index (κ1) is 17.4. The van der Waals surface area contributed by atoms with E-state index in [0.29, 0.717) is 18.5 Å². The van der Waals surface area contributed by atoms with Gasteiger partial charge in [-0.25, -0.2) is 4.98 Å². The standard InChI is InChI=1S/C17H20N4O3S/c1-12(15(23)20-17(11-18)5-3-2-4-6-17)24-14(22)9-13-10-21-7-8-25-16(21)19-13/h7-8,10,12H,2-6,9H2,1H3,(H,20,23)/t12-/m0/s1. The molecule has 2 aromatic rings. The average molecular weight is 360 g/mol. The molecule has 0 saturated heterocycles. The topological polar surface area (TPSA) is 96.5 Å². The van der Waals surface area contributed by atoms with Gasteiger partial charge in [-0.15, -0.1) is 11.3 Å². The van der Waals surface area contributed by atoms with Gasteiger partial charge in [-0.3, -0.25) is 14.0 Å². The third kappa shape index (κ3) is 3.99. The van der Waals surface area contributed by atoms with Crippen LogP contribution in [0.15, 0.2) is 17.8 Å². The van der Waals surface area contributed by atoms with Gasteiger partial charge in [0.15, 0.2) is 11.1 Å². The van der Waals surface area contributed by atoms with Crippen LogP contribution in [0.1, 0.15) is 44.7 Å². The van der Waals surface area contributed by atoms with Gasteiger partial charge < -0.3 is 10.1 Å². The molecule has 0 radical (unpaired) electrons. The summed E-state index contributed by atoms with van der Waals surface area (Å²) in [7, 11) is 0. The number of carbonyl (C=O) groups is 2. The minimum atomic E-state index is -0.941. The maximum Gasteiger partial charge on any atom is 0.312 e. The van der Waals surface area contributed by atoms with E-state index in [1.165, 1.54) is 18.3 Å². The second-order valence-corrected chi connectivity index (χ2v) is 7.25. The van der Waals surface area contributed by atoms with Crippen LogP contribution in [-0.4, -0.2) is 32.9 Å². The lowest BCUT2D eigenvalue weighted by molar-refractivity contribution is -0.154. The smallest absolute Gasteiger partial charge is 0.312 e. The predicted molar refractivity (Wildman–Crippen MR) is 91.9 cm³/mol. The summed E-state index contributed by atoms with van der Waals surface area (Å²) in [5.74, 6) is -0.939. The number of fused-ring (bicyclic) bond motifs is 1. The zero-order valence-corrected chi connectivity index (χ0v) is 14.8. The van der Waals surface area contributed by atoms with Crippen LogP contribution in [0.2, 0.25) is 0 Å². The number of esters is 1. The van der Waals surface area contributed by atoms with E-state index in [1.54, 1.807) is 6.20 Å². The molecule has 25 heavy (non-hydrogen) atoms. The van der Waals surface area contributed by atoms with E-state index in [0.717, 1.165) is 24.2 Å². The zero-order valence-electron chi connectivity index (χ0n) is 14.0. The van der Waals surface area contributed by atoms with Gasteiger partial charge in [0.25, 0.3) is 5.91 Å². The number of nitrogens with zero attached hydrogens (tertiary/aromatic N) is 3. The number of rotatable bonds is 5. The van der Waals surface area contributed by atoms with Gasteiger partial charge in [0.1, 0.15) is 5.54 Å². The molecule has 0 bridgehead atoms. The molecule has 0 spiro atoms. The summed E-state index contributed by atoms with van der Waals surface area (Å²) < 4.78 is 7.05. The van der Waals surface area contributed by atoms with Crippen molar-refractivity contribution in [3.05, 3.63) is 23.5 Å². The van der Waals surface area contributed by atoms with Crippen LogP contribution in [-0.2, 0) is 20.7 Å². The summed E-state index contributed by atoms with van der Waals surface area (Å²) in [6.07, 6.45) is 6.89. The van der Waals surface area contributed by atoms with Crippen LogP contribution < -0.4 is 5.32 Å². The molecule has 7 nitrogen and oxygen atoms in total. The summed E-state index contributed by atoms with van der Waals surface area (Å²) >= 11 is 1.48. The largest absolute Gasteiger partial charge is 0.452 e. The predicted octanol–water partition coefficient (Wildman–Crippen LogP) is 2.21. The Morgan fingerprint density at radius 2 is 2.24 bits per heavy atom. The number of imidazole rings is 1. The molecular weight excluding hydrogens is 340 g/mol. The number of hydrogen-bond donors (Lipinski definition) is 1. The fourth-order valence-electron chi connectivity index (χ4n) is 3.06. The molecule has 0 aliphatic heterocycles. The molecule has 0 aromatic carbocycles. The van der Waals surface area contributed by atoms with Crippen molar-refractivity contribution in [1.29, 1.82) is 5.26 Å². The third-order valence-electron chi connectivity index (χ3n) is 4.43. The maximum atomic E-state index is 12.3. The van der Waals surface area contributed by atoms with Crippen molar-refractivity contribution in [2.45, 2.75) is 57.1 Å². The van der Waals surface area contributed by atoms with E-state index in [-0.39, 0.29) is 6.42 Å². The highest BCUT2D eigenvalue weighted by Gasteiger charge is 2.35. The number of hydrogen-bond acceptors (Lipinski definition) is 6. The second kappa shape index (κ2) is 7.23. The average Bonchev–Trinajstić information content (AvgIpc) is 3.16. The van der Waals surface area contributed by atoms with Crippen LogP contribution in [0.25, 0.3) is 4.96 Å². The lowest BCUT2D eigenvalue weighted by Crippen LogP contribution is -2.52. The van der Waals surface area contributed by atoms with Crippen LogP contribution in [0.5, 0.6) is 0 Å². The molecule has 1 saturated carbocycles. The summed E-state index contributed by atoms with van der Waals surface area (Å²) in [5.41, 5.74) is -0.227. The van der Waals surface area contributed by atoms with Crippen molar-refractivity contribution in [1.82, 2.24) is 14.7 Å². The summed E-state index contributed by atoms with van der Waals surface area (Å²) in [4.78, 5) is 29.5. The zero-order chi connectivity index (χ0) is 17.9. The van der Waals surface area contributed by atoms with Crippen LogP contribution in [0.4, 0.5) is 0 Å². The SMILES string of the molecule is C[C@H](OC(=O)Cc1cn2ccsc2n1)C(=O)NC1(C#N)CCCCC1. The Hall–Kier alpha value is -2.40. The van der Waals surface area contributed by atoms with Crippen molar-refractivity contribution < 1.29 is 14.3 Å². The van der Waals surface area contributed by atoms with Gasteiger partial charge in [0.05, 0.1) is 18.2 Å². The quantitative estimate of drug-likeness (QED) is 0.825. The van der Waals surface area contributed by atoms with E-state index < -0.39 is 23.5 Å². The number of ether oxygens (including phenoxy) is 1. The molecule has 1 amide bonds. The Bertz CT molecular complexity index is 785. The van der Waals surface area contributed by atoms with Gasteiger partial charge in [0.2, 0.25) is 0 Å². The molecule has 0 unspecified atom stereocenters. The Kier molecular flexibility index (Phi) is 5.04. The summed E-state index contributed by atoms with van der Waals surface area (Å²) in [6, 6.07) is 2.22. The van der Waals surface area contributed by atoms with E-state index in [1.807, 2.05) is 16.0 Å². The number of carbonyl (C=O) groups excluding carboxylic acids is 2. The highest BCUT2D eigenvalue weighted by Crippen LogP contribution is 2.27. The van der Waals surface area contributed by atoms with E-state index in [2.05, 4.69) is 16.4 Å². The molecular formula is C17H20N4O3S. The number of aromatic nitrogens is 2. The minimum Gasteiger partial charge on any atom is -0.452 e. The fraction of sp³-hybridized carbons (Fsp3) is 0.529. The fourth-order valence-corrected chi connectivity index (χ4v) is 3.78. The van der Waals surface area contributed by atoms with Gasteiger partial charge in [-0.05, 0) is 19.8 Å². The molecule has 1 N–H and O–H groups in total. The molecule has 2 heterocycles. The maximum absolute atomic E-state index is 12.3. The van der Waals surface area contributed by atoms with Crippen LogP contribution in [0, 0.1) is 11.3 Å². The normalized spacial score (nSPS) is 17.6. The molecule has 1 fully saturated rings. The number of nitrogens with one attached hydrogen (secondary N) is 1. The number of thiazole rings is 1. The summed E-state index contributed by atoms with van der Waals surface area (Å²) in [6.45, 7) is 1.52. The first-order valence-electron chi connectivity index (χ1n) is 8.35. The van der Waals surface area contributed by atoms with Crippen LogP contribution >= 0.6 is 11.3 Å². The molecule has 2 aromatic heterocycles. The first-order valence-corrected chi connectivity index (χ1v) is 9.23. The van der Waals surface area contributed by atoms with Gasteiger partial charge in [-0.1, -0.05) is 19.3 Å². The lowest BCUT2D eigenvalue weighted by Gasteiger charge is -2.32. The monoisotopic (exact) mass is 360 g/mol. The van der Waals surface area contributed by atoms with Gasteiger partial charge in [0, 0.05) is 17.8 Å². The Balaban J connectivity index is 1.54. The highest BCUT2D eigenvalue weighted by atomic mass is 32.1. The number of amides is 1. The first-order chi connectivity index (χ1) is 12.0. The molecule has 132 valence electrons. The van der Waals surface area contributed by atoms with Crippen molar-refractivity contribution in [2.75, 3.05) is 0 Å². The van der Waals surface area contributed by atoms with Crippen molar-refractivity contribution in [3.63, 3.8) is 0 Å². The van der Waals surface area contributed by atoms with Crippen molar-refractivity contribution >= 4 is 28.2 Å². The third-order valence-corrected chi connectivity index (χ3v) is 5.20. The van der Waals surface area contributed by atoms with E-state index >= 15 is 0 Å². The Morgan fingerprint density at radius 3 is 2.92 bits per heavy atom. The van der Waals surface area contributed by atoms with Crippen molar-refractivity contribution in [2.24, 2.45) is 0 Å². The molecule has 1 aliphatic rings. The highest BCUT2D eigenvalue weighted by molar-refractivity contribution is 7.15. The Morgan fingerprint density at radius 1 is 1.48 bits per heavy atom. The van der Waals surface area contributed by atoms with E-state index in [4.69, 9.17) is 4.74 Å². The van der Waals surface area contributed by atoms with Crippen molar-refractivity contribution in [3.8, 4) is 6.07 Å². The molecule has 1 atom stereocenters. The van der Waals surface area contributed by atoms with Gasteiger partial charge >= 0.3 is 5.97 Å². The lowest BCUT2D eigenvalue weighted by atomic mass is 9.83.